The number of benzene rings is 3. The van der Waals surface area contributed by atoms with Gasteiger partial charge in [0.1, 0.15) is 5.82 Å². The van der Waals surface area contributed by atoms with Gasteiger partial charge in [0, 0.05) is 23.4 Å². The molecular formula is C23H19FN2O4. The summed E-state index contributed by atoms with van der Waals surface area (Å²) < 4.78 is 17.7. The zero-order valence-corrected chi connectivity index (χ0v) is 16.1. The van der Waals surface area contributed by atoms with E-state index in [1.54, 1.807) is 42.5 Å². The number of halogens is 1. The number of amides is 2. The molecule has 0 heterocycles. The Kier molecular flexibility index (Phi) is 6.54. The fourth-order valence-electron chi connectivity index (χ4n) is 2.75. The highest BCUT2D eigenvalue weighted by molar-refractivity contribution is 6.04. The summed E-state index contributed by atoms with van der Waals surface area (Å²) in [5, 5.41) is 5.51. The molecule has 0 aliphatic rings. The lowest BCUT2D eigenvalue weighted by Crippen LogP contribution is -2.23. The van der Waals surface area contributed by atoms with E-state index in [9.17, 15) is 18.8 Å². The molecule has 0 bridgehead atoms. The monoisotopic (exact) mass is 406 g/mol. The summed E-state index contributed by atoms with van der Waals surface area (Å²) in [6, 6.07) is 18.5. The first kappa shape index (κ1) is 20.7. The van der Waals surface area contributed by atoms with Gasteiger partial charge in [-0.25, -0.2) is 9.18 Å². The molecule has 0 fully saturated rings. The zero-order chi connectivity index (χ0) is 21.5. The summed E-state index contributed by atoms with van der Waals surface area (Å²) in [4.78, 5) is 36.3. The minimum Gasteiger partial charge on any atom is -0.465 e. The molecule has 2 amide bonds. The molecule has 0 aromatic heterocycles. The van der Waals surface area contributed by atoms with Crippen LogP contribution in [-0.4, -0.2) is 24.9 Å². The fraction of sp³-hybridized carbons (Fsp3) is 0.0870. The van der Waals surface area contributed by atoms with Crippen LogP contribution >= 0.6 is 0 Å². The maximum Gasteiger partial charge on any atom is 0.337 e. The second-order valence-electron chi connectivity index (χ2n) is 6.42. The third-order valence-corrected chi connectivity index (χ3v) is 4.29. The molecule has 0 saturated carbocycles. The van der Waals surface area contributed by atoms with Crippen LogP contribution in [0, 0.1) is 5.82 Å². The first-order valence-electron chi connectivity index (χ1n) is 9.08. The Bertz CT molecular complexity index is 1080. The van der Waals surface area contributed by atoms with Crippen molar-refractivity contribution in [2.75, 3.05) is 12.4 Å². The molecule has 152 valence electrons. The molecule has 0 unspecified atom stereocenters. The lowest BCUT2D eigenvalue weighted by atomic mass is 10.1. The largest absolute Gasteiger partial charge is 0.465 e. The quantitative estimate of drug-likeness (QED) is 0.610. The van der Waals surface area contributed by atoms with E-state index in [4.69, 9.17) is 0 Å². The molecule has 3 aromatic carbocycles. The van der Waals surface area contributed by atoms with Crippen LogP contribution in [0.3, 0.4) is 0 Å². The van der Waals surface area contributed by atoms with Crippen LogP contribution in [0.15, 0.2) is 72.8 Å². The number of carbonyl (C=O) groups is 3. The number of anilines is 1. The standard InChI is InChI=1S/C23H19FN2O4/c1-30-23(29)18-6-3-5-17(13-18)21(27)25-14-15-4-2-7-20(12-15)26-22(28)16-8-10-19(24)11-9-16/h2-13H,14H2,1H3,(H,25,27)(H,26,28). The first-order chi connectivity index (χ1) is 14.5. The van der Waals surface area contributed by atoms with Gasteiger partial charge in [0.2, 0.25) is 0 Å². The maximum atomic E-state index is 13.0. The van der Waals surface area contributed by atoms with Crippen LogP contribution in [0.2, 0.25) is 0 Å². The van der Waals surface area contributed by atoms with Gasteiger partial charge in [-0.15, -0.1) is 0 Å². The van der Waals surface area contributed by atoms with Crippen LogP contribution in [0.4, 0.5) is 10.1 Å². The van der Waals surface area contributed by atoms with Crippen molar-refractivity contribution in [1.29, 1.82) is 0 Å². The van der Waals surface area contributed by atoms with Crippen molar-refractivity contribution in [3.63, 3.8) is 0 Å². The molecule has 0 saturated heterocycles. The minimum absolute atomic E-state index is 0.224. The summed E-state index contributed by atoms with van der Waals surface area (Å²) >= 11 is 0. The highest BCUT2D eigenvalue weighted by atomic mass is 19.1. The minimum atomic E-state index is -0.519. The summed E-state index contributed by atoms with van der Waals surface area (Å²) in [6.07, 6.45) is 0. The van der Waals surface area contributed by atoms with Crippen LogP contribution < -0.4 is 10.6 Å². The summed E-state index contributed by atoms with van der Waals surface area (Å²) in [5.41, 5.74) is 2.27. The van der Waals surface area contributed by atoms with Gasteiger partial charge < -0.3 is 15.4 Å². The van der Waals surface area contributed by atoms with E-state index in [2.05, 4.69) is 15.4 Å². The van der Waals surface area contributed by atoms with E-state index in [1.807, 2.05) is 0 Å². The molecule has 6 nitrogen and oxygen atoms in total. The van der Waals surface area contributed by atoms with E-state index in [-0.39, 0.29) is 23.9 Å². The average Bonchev–Trinajstić information content (AvgIpc) is 2.77. The second kappa shape index (κ2) is 9.47. The van der Waals surface area contributed by atoms with Crippen molar-refractivity contribution in [2.24, 2.45) is 0 Å². The van der Waals surface area contributed by atoms with Gasteiger partial charge in [-0.3, -0.25) is 9.59 Å². The molecule has 0 atom stereocenters. The number of ether oxygens (including phenoxy) is 1. The predicted molar refractivity (Wildman–Crippen MR) is 110 cm³/mol. The van der Waals surface area contributed by atoms with Crippen molar-refractivity contribution in [1.82, 2.24) is 5.32 Å². The van der Waals surface area contributed by atoms with Crippen LogP contribution in [-0.2, 0) is 11.3 Å². The van der Waals surface area contributed by atoms with Crippen molar-refractivity contribution < 1.29 is 23.5 Å². The van der Waals surface area contributed by atoms with Crippen molar-refractivity contribution >= 4 is 23.5 Å². The Morgan fingerprint density at radius 3 is 2.27 bits per heavy atom. The Balaban J connectivity index is 1.62. The van der Waals surface area contributed by atoms with E-state index < -0.39 is 11.8 Å². The number of hydrogen-bond donors (Lipinski definition) is 2. The van der Waals surface area contributed by atoms with Gasteiger partial charge in [-0.05, 0) is 60.2 Å². The van der Waals surface area contributed by atoms with E-state index in [0.29, 0.717) is 16.8 Å². The molecule has 0 aliphatic heterocycles. The van der Waals surface area contributed by atoms with Crippen molar-refractivity contribution in [3.05, 3.63) is 101 Å². The third kappa shape index (κ3) is 5.29. The topological polar surface area (TPSA) is 84.5 Å². The highest BCUT2D eigenvalue weighted by Crippen LogP contribution is 2.13. The maximum absolute atomic E-state index is 13.0. The van der Waals surface area contributed by atoms with E-state index >= 15 is 0 Å². The SMILES string of the molecule is COC(=O)c1cccc(C(=O)NCc2cccc(NC(=O)c3ccc(F)cc3)c2)c1. The van der Waals surface area contributed by atoms with Crippen LogP contribution in [0.5, 0.6) is 0 Å². The van der Waals surface area contributed by atoms with E-state index in [1.165, 1.54) is 37.4 Å². The number of hydrogen-bond acceptors (Lipinski definition) is 4. The van der Waals surface area contributed by atoms with Gasteiger partial charge in [0.15, 0.2) is 0 Å². The third-order valence-electron chi connectivity index (χ3n) is 4.29. The summed E-state index contributed by atoms with van der Waals surface area (Å²) in [7, 11) is 1.27. The Labute approximate surface area is 172 Å². The first-order valence-corrected chi connectivity index (χ1v) is 9.08. The Morgan fingerprint density at radius 1 is 0.833 bits per heavy atom. The Hall–Kier alpha value is -4.00. The number of nitrogens with one attached hydrogen (secondary N) is 2. The zero-order valence-electron chi connectivity index (χ0n) is 16.1. The smallest absolute Gasteiger partial charge is 0.337 e. The number of methoxy groups -OCH3 is 1. The molecule has 3 aromatic rings. The number of carbonyl (C=O) groups excluding carboxylic acids is 3. The normalized spacial score (nSPS) is 10.2. The molecule has 0 radical (unpaired) electrons. The lowest BCUT2D eigenvalue weighted by Gasteiger charge is -2.09. The van der Waals surface area contributed by atoms with Gasteiger partial charge in [0.05, 0.1) is 12.7 Å². The molecule has 0 aliphatic carbocycles. The van der Waals surface area contributed by atoms with Gasteiger partial charge >= 0.3 is 5.97 Å². The van der Waals surface area contributed by atoms with Crippen molar-refractivity contribution in [2.45, 2.75) is 6.54 Å². The highest BCUT2D eigenvalue weighted by Gasteiger charge is 2.11. The molecule has 0 spiro atoms. The van der Waals surface area contributed by atoms with E-state index in [0.717, 1.165) is 5.56 Å². The molecular weight excluding hydrogens is 387 g/mol. The molecule has 3 rings (SSSR count). The molecule has 2 N–H and O–H groups in total. The van der Waals surface area contributed by atoms with Gasteiger partial charge in [-0.2, -0.15) is 0 Å². The van der Waals surface area contributed by atoms with Crippen LogP contribution in [0.25, 0.3) is 0 Å². The number of rotatable bonds is 6. The summed E-state index contributed by atoms with van der Waals surface area (Å²) in [6.45, 7) is 0.224. The predicted octanol–water partition coefficient (Wildman–Crippen LogP) is 3.79. The summed E-state index contributed by atoms with van der Waals surface area (Å²) in [5.74, 6) is -1.65. The van der Waals surface area contributed by atoms with Gasteiger partial charge in [0.25, 0.3) is 11.8 Å². The number of esters is 1. The van der Waals surface area contributed by atoms with Crippen molar-refractivity contribution in [3.8, 4) is 0 Å². The Morgan fingerprint density at radius 2 is 1.53 bits per heavy atom. The molecule has 7 heteroatoms. The second-order valence-corrected chi connectivity index (χ2v) is 6.42. The molecule has 30 heavy (non-hydrogen) atoms. The van der Waals surface area contributed by atoms with Gasteiger partial charge in [-0.1, -0.05) is 18.2 Å². The lowest BCUT2D eigenvalue weighted by molar-refractivity contribution is 0.0600. The fourth-order valence-corrected chi connectivity index (χ4v) is 2.75. The van der Waals surface area contributed by atoms with Crippen LogP contribution in [0.1, 0.15) is 36.6 Å². The average molecular weight is 406 g/mol.